The average molecular weight is 261 g/mol. The van der Waals surface area contributed by atoms with Gasteiger partial charge in [0.05, 0.1) is 11.0 Å². The maximum absolute atomic E-state index is 10.7. The van der Waals surface area contributed by atoms with Gasteiger partial charge in [0.15, 0.2) is 0 Å². The second kappa shape index (κ2) is 6.19. The van der Waals surface area contributed by atoms with Gasteiger partial charge < -0.3 is 5.32 Å². The lowest BCUT2D eigenvalue weighted by Crippen LogP contribution is -2.23. The van der Waals surface area contributed by atoms with Crippen LogP contribution in [0.1, 0.15) is 32.3 Å². The van der Waals surface area contributed by atoms with Crippen molar-refractivity contribution in [3.05, 3.63) is 33.9 Å². The van der Waals surface area contributed by atoms with E-state index in [1.54, 1.807) is 12.1 Å². The standard InChI is InChI=1S/C14H19N3O2/c1-11-9-12(17(18)19)5-6-13(11)16-10-14(2,3)7-4-8-15/h5-6,9,16H,4,7,10H2,1-3H3. The Hall–Kier alpha value is -2.09. The lowest BCUT2D eigenvalue weighted by Gasteiger charge is -2.25. The zero-order valence-corrected chi connectivity index (χ0v) is 11.6. The number of non-ortho nitro benzene ring substituents is 1. The Morgan fingerprint density at radius 1 is 1.47 bits per heavy atom. The summed E-state index contributed by atoms with van der Waals surface area (Å²) in [6.07, 6.45) is 1.36. The molecule has 0 aromatic heterocycles. The molecule has 1 N–H and O–H groups in total. The third-order valence-electron chi connectivity index (χ3n) is 3.09. The molecule has 1 aromatic rings. The van der Waals surface area contributed by atoms with Gasteiger partial charge in [-0.05, 0) is 30.4 Å². The van der Waals surface area contributed by atoms with Crippen LogP contribution in [0.2, 0.25) is 0 Å². The predicted octanol–water partition coefficient (Wildman–Crippen LogP) is 3.65. The average Bonchev–Trinajstić information content (AvgIpc) is 2.35. The van der Waals surface area contributed by atoms with Gasteiger partial charge in [0.2, 0.25) is 0 Å². The van der Waals surface area contributed by atoms with E-state index in [0.717, 1.165) is 24.2 Å². The summed E-state index contributed by atoms with van der Waals surface area (Å²) in [6.45, 7) is 6.76. The number of benzene rings is 1. The second-order valence-corrected chi connectivity index (χ2v) is 5.43. The highest BCUT2D eigenvalue weighted by Crippen LogP contribution is 2.25. The first-order valence-corrected chi connectivity index (χ1v) is 6.21. The third kappa shape index (κ3) is 4.59. The van der Waals surface area contributed by atoms with Crippen molar-refractivity contribution in [3.8, 4) is 6.07 Å². The molecule has 0 fully saturated rings. The number of nitrogens with one attached hydrogen (secondary N) is 1. The summed E-state index contributed by atoms with van der Waals surface area (Å²) in [4.78, 5) is 10.3. The van der Waals surface area contributed by atoms with E-state index in [4.69, 9.17) is 5.26 Å². The van der Waals surface area contributed by atoms with Crippen molar-refractivity contribution >= 4 is 11.4 Å². The lowest BCUT2D eigenvalue weighted by molar-refractivity contribution is -0.384. The topological polar surface area (TPSA) is 79.0 Å². The summed E-state index contributed by atoms with van der Waals surface area (Å²) >= 11 is 0. The maximum atomic E-state index is 10.7. The first-order chi connectivity index (χ1) is 8.85. The van der Waals surface area contributed by atoms with Crippen LogP contribution in [0.5, 0.6) is 0 Å². The summed E-state index contributed by atoms with van der Waals surface area (Å²) in [7, 11) is 0. The predicted molar refractivity (Wildman–Crippen MR) is 75.0 cm³/mol. The van der Waals surface area contributed by atoms with Crippen molar-refractivity contribution in [1.82, 2.24) is 0 Å². The number of hydrogen-bond acceptors (Lipinski definition) is 4. The van der Waals surface area contributed by atoms with E-state index >= 15 is 0 Å². The van der Waals surface area contributed by atoms with Crippen LogP contribution in [0, 0.1) is 33.8 Å². The number of aryl methyl sites for hydroxylation is 1. The molecule has 0 saturated heterocycles. The Kier molecular flexibility index (Phi) is 4.87. The van der Waals surface area contributed by atoms with Gasteiger partial charge in [-0.1, -0.05) is 13.8 Å². The van der Waals surface area contributed by atoms with Gasteiger partial charge in [-0.2, -0.15) is 5.26 Å². The van der Waals surface area contributed by atoms with Crippen LogP contribution in [0.3, 0.4) is 0 Å². The molecular formula is C14H19N3O2. The van der Waals surface area contributed by atoms with Gasteiger partial charge in [0.1, 0.15) is 0 Å². The molecular weight excluding hydrogens is 242 g/mol. The van der Waals surface area contributed by atoms with Crippen molar-refractivity contribution in [2.75, 3.05) is 11.9 Å². The molecule has 0 saturated carbocycles. The van der Waals surface area contributed by atoms with E-state index < -0.39 is 4.92 Å². The van der Waals surface area contributed by atoms with E-state index in [9.17, 15) is 10.1 Å². The second-order valence-electron chi connectivity index (χ2n) is 5.43. The first kappa shape index (κ1) is 15.0. The quantitative estimate of drug-likeness (QED) is 0.626. The number of hydrogen-bond donors (Lipinski definition) is 1. The Labute approximate surface area is 113 Å². The summed E-state index contributed by atoms with van der Waals surface area (Å²) in [6, 6.07) is 6.94. The van der Waals surface area contributed by atoms with Crippen molar-refractivity contribution in [2.24, 2.45) is 5.41 Å². The van der Waals surface area contributed by atoms with Crippen LogP contribution in [-0.2, 0) is 0 Å². The van der Waals surface area contributed by atoms with Crippen LogP contribution >= 0.6 is 0 Å². The highest BCUT2D eigenvalue weighted by Gasteiger charge is 2.17. The van der Waals surface area contributed by atoms with E-state index in [1.165, 1.54) is 6.07 Å². The van der Waals surface area contributed by atoms with Gasteiger partial charge >= 0.3 is 0 Å². The number of nitriles is 1. The zero-order chi connectivity index (χ0) is 14.5. The van der Waals surface area contributed by atoms with Gasteiger partial charge in [-0.3, -0.25) is 10.1 Å². The number of anilines is 1. The number of rotatable bonds is 6. The normalized spacial score (nSPS) is 10.8. The lowest BCUT2D eigenvalue weighted by atomic mass is 9.88. The Morgan fingerprint density at radius 3 is 2.68 bits per heavy atom. The molecule has 0 amide bonds. The Bertz CT molecular complexity index is 504. The molecule has 0 unspecified atom stereocenters. The fraction of sp³-hybridized carbons (Fsp3) is 0.500. The minimum Gasteiger partial charge on any atom is -0.384 e. The van der Waals surface area contributed by atoms with Gasteiger partial charge in [-0.25, -0.2) is 0 Å². The molecule has 1 aromatic carbocycles. The third-order valence-corrected chi connectivity index (χ3v) is 3.09. The maximum Gasteiger partial charge on any atom is 0.269 e. The highest BCUT2D eigenvalue weighted by molar-refractivity contribution is 5.55. The molecule has 1 rings (SSSR count). The van der Waals surface area contributed by atoms with E-state index in [2.05, 4.69) is 25.2 Å². The smallest absolute Gasteiger partial charge is 0.269 e. The Balaban J connectivity index is 2.68. The molecule has 0 radical (unpaired) electrons. The van der Waals surface area contributed by atoms with Gasteiger partial charge in [-0.15, -0.1) is 0 Å². The summed E-state index contributed by atoms with van der Waals surface area (Å²) in [5.74, 6) is 0. The van der Waals surface area contributed by atoms with Crippen molar-refractivity contribution < 1.29 is 4.92 Å². The molecule has 0 aliphatic heterocycles. The number of nitrogens with zero attached hydrogens (tertiary/aromatic N) is 2. The number of nitro benzene ring substituents is 1. The molecule has 5 nitrogen and oxygen atoms in total. The SMILES string of the molecule is Cc1cc([N+](=O)[O-])ccc1NCC(C)(C)CCC#N. The molecule has 102 valence electrons. The summed E-state index contributed by atoms with van der Waals surface area (Å²) in [5, 5.41) is 22.6. The molecule has 19 heavy (non-hydrogen) atoms. The van der Waals surface area contributed by atoms with E-state index in [0.29, 0.717) is 6.42 Å². The van der Waals surface area contributed by atoms with Crippen LogP contribution in [-0.4, -0.2) is 11.5 Å². The van der Waals surface area contributed by atoms with Crippen LogP contribution < -0.4 is 5.32 Å². The molecule has 0 heterocycles. The van der Waals surface area contributed by atoms with Gasteiger partial charge in [0.25, 0.3) is 5.69 Å². The van der Waals surface area contributed by atoms with E-state index in [1.807, 2.05) is 6.92 Å². The number of nitro groups is 1. The van der Waals surface area contributed by atoms with E-state index in [-0.39, 0.29) is 11.1 Å². The monoisotopic (exact) mass is 261 g/mol. The largest absolute Gasteiger partial charge is 0.384 e. The summed E-state index contributed by atoms with van der Waals surface area (Å²) < 4.78 is 0. The van der Waals surface area contributed by atoms with Crippen LogP contribution in [0.15, 0.2) is 18.2 Å². The fourth-order valence-electron chi connectivity index (χ4n) is 1.78. The van der Waals surface area contributed by atoms with Gasteiger partial charge in [0, 0.05) is 30.8 Å². The van der Waals surface area contributed by atoms with Crippen molar-refractivity contribution in [2.45, 2.75) is 33.6 Å². The molecule has 0 aliphatic rings. The van der Waals surface area contributed by atoms with Crippen LogP contribution in [0.4, 0.5) is 11.4 Å². The summed E-state index contributed by atoms with van der Waals surface area (Å²) in [5.41, 5.74) is 1.87. The molecule has 0 spiro atoms. The molecule has 0 aliphatic carbocycles. The minimum absolute atomic E-state index is 0.0178. The molecule has 0 atom stereocenters. The van der Waals surface area contributed by atoms with Crippen LogP contribution in [0.25, 0.3) is 0 Å². The molecule has 5 heteroatoms. The fourth-order valence-corrected chi connectivity index (χ4v) is 1.78. The highest BCUT2D eigenvalue weighted by atomic mass is 16.6. The Morgan fingerprint density at radius 2 is 2.16 bits per heavy atom. The molecule has 0 bridgehead atoms. The van der Waals surface area contributed by atoms with Crippen molar-refractivity contribution in [3.63, 3.8) is 0 Å². The zero-order valence-electron chi connectivity index (χ0n) is 11.6. The van der Waals surface area contributed by atoms with Crippen molar-refractivity contribution in [1.29, 1.82) is 5.26 Å². The minimum atomic E-state index is -0.395. The first-order valence-electron chi connectivity index (χ1n) is 6.21.